The molecule has 1 aliphatic heterocycles. The second-order valence-electron chi connectivity index (χ2n) is 6.72. The Morgan fingerprint density at radius 2 is 2.42 bits per heavy atom. The van der Waals surface area contributed by atoms with E-state index in [1.54, 1.807) is 18.0 Å². The van der Waals surface area contributed by atoms with Gasteiger partial charge in [-0.2, -0.15) is 5.26 Å². The van der Waals surface area contributed by atoms with Gasteiger partial charge in [0.1, 0.15) is 29.5 Å². The topological polar surface area (TPSA) is 111 Å². The number of pyridine rings is 1. The fraction of sp³-hybridized carbons (Fsp3) is 0.444. The Balaban J connectivity index is 1.84. The molecule has 0 bridgehead atoms. The number of imidazole rings is 1. The molecule has 0 saturated carbocycles. The lowest BCUT2D eigenvalue weighted by atomic mass is 10.0. The lowest BCUT2D eigenvalue weighted by molar-refractivity contribution is -0.131. The number of nitriles is 1. The number of hydrogen-bond acceptors (Lipinski definition) is 5. The number of likely N-dealkylation sites (tertiary alicyclic amines) is 1. The van der Waals surface area contributed by atoms with Gasteiger partial charge in [-0.1, -0.05) is 0 Å². The number of aromatic nitrogens is 4. The van der Waals surface area contributed by atoms with Crippen LogP contribution in [-0.4, -0.2) is 48.5 Å². The van der Waals surface area contributed by atoms with Crippen molar-refractivity contribution in [2.45, 2.75) is 38.3 Å². The van der Waals surface area contributed by atoms with Gasteiger partial charge in [-0.05, 0) is 25.8 Å². The number of aromatic amines is 1. The number of rotatable bonds is 3. The predicted octanol–water partition coefficient (Wildman–Crippen LogP) is 2.04. The Kier molecular flexibility index (Phi) is 4.09. The van der Waals surface area contributed by atoms with Crippen molar-refractivity contribution in [1.82, 2.24) is 24.4 Å². The highest BCUT2D eigenvalue weighted by atomic mass is 16.3. The fourth-order valence-electron chi connectivity index (χ4n) is 3.85. The van der Waals surface area contributed by atoms with Gasteiger partial charge in [0.05, 0.1) is 23.8 Å². The molecular weight excluding hydrogens is 332 g/mol. The number of aliphatic hydroxyl groups is 1. The van der Waals surface area contributed by atoms with E-state index in [9.17, 15) is 9.90 Å². The number of carbonyl (C=O) groups excluding carboxylic acids is 1. The first kappa shape index (κ1) is 16.5. The van der Waals surface area contributed by atoms with Crippen molar-refractivity contribution in [2.75, 3.05) is 13.1 Å². The monoisotopic (exact) mass is 352 g/mol. The first-order chi connectivity index (χ1) is 12.6. The van der Waals surface area contributed by atoms with Crippen molar-refractivity contribution in [3.63, 3.8) is 0 Å². The average molecular weight is 352 g/mol. The minimum absolute atomic E-state index is 0.00138. The van der Waals surface area contributed by atoms with Gasteiger partial charge in [0.25, 0.3) is 0 Å². The molecule has 2 N–H and O–H groups in total. The summed E-state index contributed by atoms with van der Waals surface area (Å²) in [6.45, 7) is 2.87. The normalized spacial score (nSPS) is 19.0. The van der Waals surface area contributed by atoms with E-state index in [4.69, 9.17) is 5.26 Å². The van der Waals surface area contributed by atoms with E-state index in [-0.39, 0.29) is 18.4 Å². The van der Waals surface area contributed by atoms with Crippen LogP contribution in [0.2, 0.25) is 0 Å². The maximum atomic E-state index is 12.2. The van der Waals surface area contributed by atoms with Gasteiger partial charge in [0, 0.05) is 24.7 Å². The zero-order valence-corrected chi connectivity index (χ0v) is 14.5. The molecule has 8 heteroatoms. The largest absolute Gasteiger partial charge is 0.385 e. The van der Waals surface area contributed by atoms with Gasteiger partial charge >= 0.3 is 0 Å². The third-order valence-corrected chi connectivity index (χ3v) is 4.98. The quantitative estimate of drug-likeness (QED) is 0.749. The molecule has 3 aromatic rings. The minimum atomic E-state index is -0.735. The van der Waals surface area contributed by atoms with Crippen LogP contribution in [0.1, 0.15) is 44.2 Å². The maximum Gasteiger partial charge on any atom is 0.236 e. The highest BCUT2D eigenvalue weighted by Gasteiger charge is 2.29. The van der Waals surface area contributed by atoms with Gasteiger partial charge < -0.3 is 19.6 Å². The Bertz CT molecular complexity index is 1010. The van der Waals surface area contributed by atoms with Gasteiger partial charge in [-0.25, -0.2) is 9.97 Å². The Hall–Kier alpha value is -2.92. The van der Waals surface area contributed by atoms with Crippen LogP contribution in [-0.2, 0) is 4.79 Å². The van der Waals surface area contributed by atoms with E-state index in [0.717, 1.165) is 34.9 Å². The molecule has 0 radical (unpaired) electrons. The SMILES string of the molecule is CC(O)c1nc2cnc3[nH]ccc3c2n1C1CCCN(C(=O)CC#N)C1. The van der Waals surface area contributed by atoms with E-state index >= 15 is 0 Å². The number of carbonyl (C=O) groups is 1. The van der Waals surface area contributed by atoms with Crippen molar-refractivity contribution in [3.8, 4) is 6.07 Å². The van der Waals surface area contributed by atoms with E-state index in [1.165, 1.54) is 0 Å². The molecule has 26 heavy (non-hydrogen) atoms. The Morgan fingerprint density at radius 1 is 1.58 bits per heavy atom. The zero-order chi connectivity index (χ0) is 18.3. The standard InChI is InChI=1S/C18H20N6O2/c1-11(25)18-22-14-9-21-17-13(5-7-20-17)16(14)24(18)12-3-2-8-23(10-12)15(26)4-6-19/h5,7,9,11-12,25H,2-4,8,10H2,1H3,(H,20,21). The molecule has 1 fully saturated rings. The van der Waals surface area contributed by atoms with Gasteiger partial charge in [-0.15, -0.1) is 0 Å². The van der Waals surface area contributed by atoms with Crippen LogP contribution in [0.4, 0.5) is 0 Å². The molecule has 134 valence electrons. The van der Waals surface area contributed by atoms with Crippen LogP contribution in [0.15, 0.2) is 18.5 Å². The van der Waals surface area contributed by atoms with Crippen molar-refractivity contribution >= 4 is 28.0 Å². The molecule has 3 aromatic heterocycles. The number of H-pyrrole nitrogens is 1. The minimum Gasteiger partial charge on any atom is -0.385 e. The second-order valence-corrected chi connectivity index (χ2v) is 6.72. The summed E-state index contributed by atoms with van der Waals surface area (Å²) in [5.74, 6) is 0.434. The molecule has 2 unspecified atom stereocenters. The molecule has 1 amide bonds. The van der Waals surface area contributed by atoms with E-state index in [1.807, 2.05) is 18.3 Å². The zero-order valence-electron chi connectivity index (χ0n) is 14.5. The lowest BCUT2D eigenvalue weighted by Gasteiger charge is -2.34. The summed E-state index contributed by atoms with van der Waals surface area (Å²) in [4.78, 5) is 26.0. The van der Waals surface area contributed by atoms with Crippen LogP contribution in [0.3, 0.4) is 0 Å². The second kappa shape index (κ2) is 6.42. The van der Waals surface area contributed by atoms with Crippen molar-refractivity contribution in [3.05, 3.63) is 24.3 Å². The number of nitrogens with zero attached hydrogens (tertiary/aromatic N) is 5. The molecule has 4 rings (SSSR count). The summed E-state index contributed by atoms with van der Waals surface area (Å²) in [5.41, 5.74) is 2.42. The van der Waals surface area contributed by atoms with Crippen molar-refractivity contribution < 1.29 is 9.90 Å². The third kappa shape index (κ3) is 2.61. The third-order valence-electron chi connectivity index (χ3n) is 4.98. The molecule has 8 nitrogen and oxygen atoms in total. The highest BCUT2D eigenvalue weighted by molar-refractivity contribution is 6.01. The lowest BCUT2D eigenvalue weighted by Crippen LogP contribution is -2.40. The average Bonchev–Trinajstić information content (AvgIpc) is 3.25. The fourth-order valence-corrected chi connectivity index (χ4v) is 3.85. The number of hydrogen-bond donors (Lipinski definition) is 2. The predicted molar refractivity (Wildman–Crippen MR) is 95.1 cm³/mol. The van der Waals surface area contributed by atoms with Gasteiger partial charge in [-0.3, -0.25) is 4.79 Å². The first-order valence-electron chi connectivity index (χ1n) is 8.77. The van der Waals surface area contributed by atoms with Crippen LogP contribution in [0.5, 0.6) is 0 Å². The van der Waals surface area contributed by atoms with Crippen LogP contribution < -0.4 is 0 Å². The summed E-state index contributed by atoms with van der Waals surface area (Å²) in [5, 5.41) is 20.0. The van der Waals surface area contributed by atoms with Crippen molar-refractivity contribution in [1.29, 1.82) is 5.26 Å². The van der Waals surface area contributed by atoms with Gasteiger partial charge in [0.15, 0.2) is 0 Å². The summed E-state index contributed by atoms with van der Waals surface area (Å²) >= 11 is 0. The number of nitrogens with one attached hydrogen (secondary N) is 1. The molecule has 0 spiro atoms. The number of amides is 1. The molecule has 0 aromatic carbocycles. The molecule has 1 aliphatic rings. The maximum absolute atomic E-state index is 12.2. The van der Waals surface area contributed by atoms with Crippen LogP contribution in [0.25, 0.3) is 22.1 Å². The Morgan fingerprint density at radius 3 is 3.19 bits per heavy atom. The molecule has 0 aliphatic carbocycles. The number of aliphatic hydroxyl groups excluding tert-OH is 1. The van der Waals surface area contributed by atoms with E-state index < -0.39 is 6.10 Å². The number of fused-ring (bicyclic) bond motifs is 3. The van der Waals surface area contributed by atoms with Crippen LogP contribution >= 0.6 is 0 Å². The van der Waals surface area contributed by atoms with E-state index in [2.05, 4.69) is 19.5 Å². The Labute approximate surface area is 150 Å². The van der Waals surface area contributed by atoms with Gasteiger partial charge in [0.2, 0.25) is 5.91 Å². The molecule has 1 saturated heterocycles. The highest BCUT2D eigenvalue weighted by Crippen LogP contribution is 2.33. The summed E-state index contributed by atoms with van der Waals surface area (Å²) in [6, 6.07) is 3.89. The summed E-state index contributed by atoms with van der Waals surface area (Å²) < 4.78 is 2.06. The molecule has 2 atom stereocenters. The van der Waals surface area contributed by atoms with E-state index in [0.29, 0.717) is 18.9 Å². The number of piperidine rings is 1. The first-order valence-corrected chi connectivity index (χ1v) is 8.77. The van der Waals surface area contributed by atoms with Crippen molar-refractivity contribution in [2.24, 2.45) is 0 Å². The summed E-state index contributed by atoms with van der Waals surface area (Å²) in [7, 11) is 0. The molecule has 4 heterocycles. The smallest absolute Gasteiger partial charge is 0.236 e. The summed E-state index contributed by atoms with van der Waals surface area (Å²) in [6.07, 6.45) is 4.43. The van der Waals surface area contributed by atoms with Crippen LogP contribution in [0, 0.1) is 11.3 Å². The molecular formula is C18H20N6O2.